The van der Waals surface area contributed by atoms with Crippen molar-refractivity contribution in [2.24, 2.45) is 7.05 Å². The molecule has 0 fully saturated rings. The zero-order chi connectivity index (χ0) is 17.3. The number of halogens is 1. The molecule has 1 aromatic heterocycles. The Morgan fingerprint density at radius 2 is 1.83 bits per heavy atom. The van der Waals surface area contributed by atoms with E-state index in [0.717, 1.165) is 0 Å². The van der Waals surface area contributed by atoms with Gasteiger partial charge in [-0.25, -0.2) is 4.39 Å². The van der Waals surface area contributed by atoms with E-state index in [1.165, 1.54) is 18.2 Å². The van der Waals surface area contributed by atoms with E-state index in [-0.39, 0.29) is 5.69 Å². The van der Waals surface area contributed by atoms with Crippen LogP contribution in [0.15, 0.2) is 54.6 Å². The molecule has 0 spiro atoms. The molecule has 1 N–H and O–H groups in total. The standard InChI is InChI=1S/C18H15FN2O3/c1-21-14-8-7-13(19)9-12(14)10-15(21)17(22)20-16(18(23)24)11-5-3-2-4-6-11/h2-10,16H,1H3,(H,20,22)(H,23,24)/p-1/t16-/m1/s1. The lowest BCUT2D eigenvalue weighted by molar-refractivity contribution is -0.308. The Kier molecular flexibility index (Phi) is 4.04. The zero-order valence-corrected chi connectivity index (χ0v) is 12.8. The summed E-state index contributed by atoms with van der Waals surface area (Å²) in [4.78, 5) is 23.9. The summed E-state index contributed by atoms with van der Waals surface area (Å²) in [6.07, 6.45) is 0. The molecule has 2 aromatic carbocycles. The lowest BCUT2D eigenvalue weighted by atomic mass is 10.1. The van der Waals surface area contributed by atoms with E-state index >= 15 is 0 Å². The number of hydrogen-bond acceptors (Lipinski definition) is 3. The van der Waals surface area contributed by atoms with Crippen LogP contribution in [-0.4, -0.2) is 16.4 Å². The van der Waals surface area contributed by atoms with Crippen molar-refractivity contribution in [2.75, 3.05) is 0 Å². The van der Waals surface area contributed by atoms with E-state index in [1.54, 1.807) is 48.0 Å². The van der Waals surface area contributed by atoms with Crippen molar-refractivity contribution in [3.05, 3.63) is 71.7 Å². The van der Waals surface area contributed by atoms with Gasteiger partial charge >= 0.3 is 0 Å². The Morgan fingerprint density at radius 3 is 2.50 bits per heavy atom. The van der Waals surface area contributed by atoms with Crippen molar-refractivity contribution in [2.45, 2.75) is 6.04 Å². The quantitative estimate of drug-likeness (QED) is 0.791. The second-order valence-corrected chi connectivity index (χ2v) is 5.43. The van der Waals surface area contributed by atoms with Crippen molar-refractivity contribution in [3.63, 3.8) is 0 Å². The summed E-state index contributed by atoms with van der Waals surface area (Å²) in [5, 5.41) is 14.4. The molecule has 122 valence electrons. The van der Waals surface area contributed by atoms with Gasteiger partial charge in [-0.05, 0) is 29.8 Å². The van der Waals surface area contributed by atoms with Crippen LogP contribution in [-0.2, 0) is 11.8 Å². The monoisotopic (exact) mass is 325 g/mol. The number of aryl methyl sites for hydroxylation is 1. The highest BCUT2D eigenvalue weighted by atomic mass is 19.1. The van der Waals surface area contributed by atoms with E-state index in [2.05, 4.69) is 5.32 Å². The molecule has 6 heteroatoms. The number of carboxylic acid groups (broad SMARTS) is 1. The lowest BCUT2D eigenvalue weighted by Crippen LogP contribution is -2.41. The van der Waals surface area contributed by atoms with Gasteiger partial charge in [0, 0.05) is 18.0 Å². The van der Waals surface area contributed by atoms with Gasteiger partial charge in [0.15, 0.2) is 0 Å². The summed E-state index contributed by atoms with van der Waals surface area (Å²) in [5.41, 5.74) is 1.32. The third-order valence-electron chi connectivity index (χ3n) is 3.88. The van der Waals surface area contributed by atoms with Gasteiger partial charge in [0.25, 0.3) is 5.91 Å². The zero-order valence-electron chi connectivity index (χ0n) is 12.8. The maximum absolute atomic E-state index is 13.3. The van der Waals surface area contributed by atoms with Gasteiger partial charge in [-0.2, -0.15) is 0 Å². The number of rotatable bonds is 4. The summed E-state index contributed by atoms with van der Waals surface area (Å²) < 4.78 is 14.9. The molecule has 0 aliphatic rings. The molecule has 3 aromatic rings. The first-order chi connectivity index (χ1) is 11.5. The van der Waals surface area contributed by atoms with E-state index in [1.807, 2.05) is 0 Å². The van der Waals surface area contributed by atoms with E-state index in [9.17, 15) is 19.1 Å². The van der Waals surface area contributed by atoms with E-state index < -0.39 is 23.7 Å². The highest BCUT2D eigenvalue weighted by Gasteiger charge is 2.19. The summed E-state index contributed by atoms with van der Waals surface area (Å²) in [5.74, 6) is -2.39. The number of nitrogens with zero attached hydrogens (tertiary/aromatic N) is 1. The van der Waals surface area contributed by atoms with Crippen molar-refractivity contribution < 1.29 is 19.1 Å². The maximum atomic E-state index is 13.3. The maximum Gasteiger partial charge on any atom is 0.268 e. The molecule has 0 saturated carbocycles. The fraction of sp³-hybridized carbons (Fsp3) is 0.111. The van der Waals surface area contributed by atoms with Crippen LogP contribution in [0.2, 0.25) is 0 Å². The van der Waals surface area contributed by atoms with Gasteiger partial charge in [-0.1, -0.05) is 30.3 Å². The Balaban J connectivity index is 1.94. The second kappa shape index (κ2) is 6.16. The molecular weight excluding hydrogens is 311 g/mol. The first-order valence-corrected chi connectivity index (χ1v) is 7.29. The molecule has 3 rings (SSSR count). The SMILES string of the molecule is Cn1c(C(=O)N[C@@H](C(=O)[O-])c2ccccc2)cc2cc(F)ccc21. The number of aliphatic carboxylic acids is 1. The fourth-order valence-corrected chi connectivity index (χ4v) is 2.67. The third kappa shape index (κ3) is 2.86. The minimum Gasteiger partial charge on any atom is -0.548 e. The van der Waals surface area contributed by atoms with Gasteiger partial charge < -0.3 is 19.8 Å². The Morgan fingerprint density at radius 1 is 1.12 bits per heavy atom. The molecule has 0 radical (unpaired) electrons. The highest BCUT2D eigenvalue weighted by molar-refractivity contribution is 6.00. The molecule has 1 atom stereocenters. The van der Waals surface area contributed by atoms with Crippen LogP contribution in [0.25, 0.3) is 10.9 Å². The van der Waals surface area contributed by atoms with Crippen molar-refractivity contribution in [1.82, 2.24) is 9.88 Å². The average Bonchev–Trinajstić information content (AvgIpc) is 2.89. The Labute approximate surface area is 137 Å². The minimum atomic E-state index is -1.40. The van der Waals surface area contributed by atoms with Gasteiger partial charge in [0.1, 0.15) is 11.5 Å². The number of carbonyl (C=O) groups is 2. The first kappa shape index (κ1) is 15.7. The van der Waals surface area contributed by atoms with Gasteiger partial charge in [0.2, 0.25) is 0 Å². The molecule has 0 bridgehead atoms. The summed E-state index contributed by atoms with van der Waals surface area (Å²) in [6, 6.07) is 12.7. The number of carboxylic acids is 1. The van der Waals surface area contributed by atoms with Gasteiger partial charge in [-0.15, -0.1) is 0 Å². The van der Waals surface area contributed by atoms with Crippen LogP contribution in [0, 0.1) is 5.82 Å². The number of carbonyl (C=O) groups excluding carboxylic acids is 2. The van der Waals surface area contributed by atoms with Gasteiger partial charge in [-0.3, -0.25) is 4.79 Å². The average molecular weight is 325 g/mol. The van der Waals surface area contributed by atoms with E-state index in [4.69, 9.17) is 0 Å². The lowest BCUT2D eigenvalue weighted by Gasteiger charge is -2.20. The second-order valence-electron chi connectivity index (χ2n) is 5.43. The highest BCUT2D eigenvalue weighted by Crippen LogP contribution is 2.21. The summed E-state index contributed by atoms with van der Waals surface area (Å²) in [6.45, 7) is 0. The number of aromatic nitrogens is 1. The number of fused-ring (bicyclic) bond motifs is 1. The molecular formula is C18H14FN2O3-. The van der Waals surface area contributed by atoms with Crippen LogP contribution >= 0.6 is 0 Å². The molecule has 24 heavy (non-hydrogen) atoms. The molecule has 1 amide bonds. The molecule has 0 saturated heterocycles. The van der Waals surface area contributed by atoms with Crippen LogP contribution in [0.4, 0.5) is 4.39 Å². The van der Waals surface area contributed by atoms with Crippen LogP contribution in [0.3, 0.4) is 0 Å². The van der Waals surface area contributed by atoms with E-state index in [0.29, 0.717) is 16.5 Å². The van der Waals surface area contributed by atoms with Crippen LogP contribution in [0.1, 0.15) is 22.1 Å². The topological polar surface area (TPSA) is 74.2 Å². The Bertz CT molecular complexity index is 919. The molecule has 0 aliphatic carbocycles. The molecule has 1 heterocycles. The number of amides is 1. The smallest absolute Gasteiger partial charge is 0.268 e. The minimum absolute atomic E-state index is 0.234. The van der Waals surface area contributed by atoms with Gasteiger partial charge in [0.05, 0.1) is 12.0 Å². The van der Waals surface area contributed by atoms with Crippen molar-refractivity contribution >= 4 is 22.8 Å². The number of benzene rings is 2. The molecule has 0 unspecified atom stereocenters. The molecule has 0 aliphatic heterocycles. The molecule has 5 nitrogen and oxygen atoms in total. The summed E-state index contributed by atoms with van der Waals surface area (Å²) in [7, 11) is 1.66. The van der Waals surface area contributed by atoms with Crippen molar-refractivity contribution in [3.8, 4) is 0 Å². The fourth-order valence-electron chi connectivity index (χ4n) is 2.67. The number of hydrogen-bond donors (Lipinski definition) is 1. The number of nitrogens with one attached hydrogen (secondary N) is 1. The predicted molar refractivity (Wildman–Crippen MR) is 84.5 cm³/mol. The Hall–Kier alpha value is -3.15. The third-order valence-corrected chi connectivity index (χ3v) is 3.88. The largest absolute Gasteiger partial charge is 0.548 e. The normalized spacial score (nSPS) is 12.1. The van der Waals surface area contributed by atoms with Crippen molar-refractivity contribution in [1.29, 1.82) is 0 Å². The summed E-state index contributed by atoms with van der Waals surface area (Å²) >= 11 is 0. The van der Waals surface area contributed by atoms with Crippen LogP contribution in [0.5, 0.6) is 0 Å². The van der Waals surface area contributed by atoms with Crippen LogP contribution < -0.4 is 10.4 Å². The predicted octanol–water partition coefficient (Wildman–Crippen LogP) is 1.54. The first-order valence-electron chi connectivity index (χ1n) is 7.29.